The van der Waals surface area contributed by atoms with Crippen LogP contribution in [0.3, 0.4) is 0 Å². The number of aromatic nitrogens is 2. The lowest BCUT2D eigenvalue weighted by Crippen LogP contribution is -1.80. The first kappa shape index (κ1) is 6.09. The van der Waals surface area contributed by atoms with Gasteiger partial charge in [-0.05, 0) is 18.2 Å². The van der Waals surface area contributed by atoms with Crippen molar-refractivity contribution < 1.29 is 5.11 Å². The van der Waals surface area contributed by atoms with Crippen LogP contribution in [0.2, 0.25) is 0 Å². The van der Waals surface area contributed by atoms with Gasteiger partial charge in [-0.25, -0.2) is 0 Å². The maximum Gasteiger partial charge on any atom is 0.188 e. The predicted molar refractivity (Wildman–Crippen MR) is 39.7 cm³/mol. The Hall–Kier alpha value is -1.64. The van der Waals surface area contributed by atoms with Crippen LogP contribution >= 0.6 is 0 Å². The molecule has 0 amide bonds. The zero-order chi connectivity index (χ0) is 7.68. The third-order valence-corrected chi connectivity index (χ3v) is 1.52. The Bertz CT molecular complexity index is 381. The second-order valence-corrected chi connectivity index (χ2v) is 2.22. The van der Waals surface area contributed by atoms with E-state index in [4.69, 9.17) is 0 Å². The van der Waals surface area contributed by atoms with Crippen molar-refractivity contribution in [1.82, 2.24) is 10.2 Å². The lowest BCUT2D eigenvalue weighted by molar-refractivity contribution is 0.360. The van der Waals surface area contributed by atoms with Gasteiger partial charge in [-0.15, -0.1) is 0 Å². The smallest absolute Gasteiger partial charge is 0.188 e. The second-order valence-electron chi connectivity index (χ2n) is 2.22. The topological polar surface area (TPSA) is 45.7 Å². The van der Waals surface area contributed by atoms with Crippen LogP contribution in [0.15, 0.2) is 30.5 Å². The van der Waals surface area contributed by atoms with E-state index < -0.39 is 0 Å². The van der Waals surface area contributed by atoms with E-state index >= 15 is 0 Å². The number of hydrogen-bond donors (Lipinski definition) is 0. The first-order valence-electron chi connectivity index (χ1n) is 3.25. The Labute approximate surface area is 63.3 Å². The summed E-state index contributed by atoms with van der Waals surface area (Å²) in [4.78, 5) is 0. The minimum Gasteiger partial charge on any atom is -0.289 e. The molecule has 0 bridgehead atoms. The fraction of sp³-hybridized carbons (Fsp3) is 0. The van der Waals surface area contributed by atoms with E-state index in [0.29, 0.717) is 10.9 Å². The minimum absolute atomic E-state index is 0.00241. The number of benzene rings is 1. The maximum atomic E-state index is 11.1. The first-order valence-corrected chi connectivity index (χ1v) is 3.25. The van der Waals surface area contributed by atoms with Crippen LogP contribution in [-0.2, 0) is 5.11 Å². The Morgan fingerprint density at radius 2 is 2.09 bits per heavy atom. The van der Waals surface area contributed by atoms with Crippen LogP contribution in [0.25, 0.3) is 10.9 Å². The van der Waals surface area contributed by atoms with Gasteiger partial charge in [0.25, 0.3) is 0 Å². The average molecular weight is 145 g/mol. The third-order valence-electron chi connectivity index (χ3n) is 1.52. The zero-order valence-corrected chi connectivity index (χ0v) is 5.69. The molecular weight excluding hydrogens is 140 g/mol. The fourth-order valence-electron chi connectivity index (χ4n) is 0.991. The number of nitrogens with zero attached hydrogens (tertiary/aromatic N) is 2. The summed E-state index contributed by atoms with van der Waals surface area (Å²) in [7, 11) is 0. The van der Waals surface area contributed by atoms with E-state index in [1.54, 1.807) is 18.2 Å². The third kappa shape index (κ3) is 0.902. The Kier molecular flexibility index (Phi) is 1.22. The van der Waals surface area contributed by atoms with Crippen molar-refractivity contribution in [2.75, 3.05) is 0 Å². The summed E-state index contributed by atoms with van der Waals surface area (Å²) < 4.78 is 0. The highest BCUT2D eigenvalue weighted by Gasteiger charge is 1.98. The van der Waals surface area contributed by atoms with Crippen LogP contribution in [0.5, 0.6) is 5.75 Å². The molecule has 1 aromatic heterocycles. The van der Waals surface area contributed by atoms with Crippen LogP contribution in [0, 0.1) is 0 Å². The molecule has 0 aliphatic rings. The van der Waals surface area contributed by atoms with E-state index in [2.05, 4.69) is 10.2 Å². The lowest BCUT2D eigenvalue weighted by Gasteiger charge is -1.93. The summed E-state index contributed by atoms with van der Waals surface area (Å²) in [5.74, 6) is -0.00241. The minimum atomic E-state index is -0.00241. The molecule has 0 N–H and O–H groups in total. The summed E-state index contributed by atoms with van der Waals surface area (Å²) in [5.41, 5.74) is 0.653. The molecule has 0 atom stereocenters. The zero-order valence-electron chi connectivity index (χ0n) is 5.69. The molecule has 3 nitrogen and oxygen atoms in total. The van der Waals surface area contributed by atoms with Crippen molar-refractivity contribution in [3.63, 3.8) is 0 Å². The van der Waals surface area contributed by atoms with Gasteiger partial charge < -0.3 is 0 Å². The molecule has 0 unspecified atom stereocenters. The van der Waals surface area contributed by atoms with Crippen molar-refractivity contribution >= 4 is 10.9 Å². The second kappa shape index (κ2) is 2.20. The molecule has 2 aromatic rings. The largest absolute Gasteiger partial charge is 0.289 e. The van der Waals surface area contributed by atoms with Crippen LogP contribution in [0.4, 0.5) is 0 Å². The van der Waals surface area contributed by atoms with Crippen molar-refractivity contribution in [1.29, 1.82) is 0 Å². The van der Waals surface area contributed by atoms with Crippen molar-refractivity contribution in [3.05, 3.63) is 30.5 Å². The van der Waals surface area contributed by atoms with Crippen molar-refractivity contribution in [3.8, 4) is 5.75 Å². The highest BCUT2D eigenvalue weighted by Crippen LogP contribution is 2.21. The standard InChI is InChI=1S/C8H5N2O/c11-8-3-1-2-7-6(8)4-5-9-10-7/h1-5H. The van der Waals surface area contributed by atoms with Crippen LogP contribution in [0.1, 0.15) is 0 Å². The van der Waals surface area contributed by atoms with Gasteiger partial charge >= 0.3 is 0 Å². The summed E-state index contributed by atoms with van der Waals surface area (Å²) >= 11 is 0. The summed E-state index contributed by atoms with van der Waals surface area (Å²) in [6.45, 7) is 0. The van der Waals surface area contributed by atoms with Gasteiger partial charge in [0.1, 0.15) is 0 Å². The molecule has 11 heavy (non-hydrogen) atoms. The van der Waals surface area contributed by atoms with Crippen LogP contribution in [-0.4, -0.2) is 10.2 Å². The average Bonchev–Trinajstić information content (AvgIpc) is 2.06. The van der Waals surface area contributed by atoms with Crippen LogP contribution < -0.4 is 0 Å². The number of fused-ring (bicyclic) bond motifs is 1. The molecule has 0 aliphatic heterocycles. The Morgan fingerprint density at radius 3 is 2.91 bits per heavy atom. The summed E-state index contributed by atoms with van der Waals surface area (Å²) in [5, 5.41) is 19.2. The van der Waals surface area contributed by atoms with Gasteiger partial charge in [0.05, 0.1) is 17.1 Å². The predicted octanol–water partition coefficient (Wildman–Crippen LogP) is 1.77. The molecule has 0 spiro atoms. The van der Waals surface area contributed by atoms with E-state index in [9.17, 15) is 5.11 Å². The highest BCUT2D eigenvalue weighted by atomic mass is 16.3. The van der Waals surface area contributed by atoms with Gasteiger partial charge in [-0.1, -0.05) is 6.07 Å². The quantitative estimate of drug-likeness (QED) is 0.567. The monoisotopic (exact) mass is 145 g/mol. The van der Waals surface area contributed by atoms with E-state index in [-0.39, 0.29) is 5.75 Å². The van der Waals surface area contributed by atoms with Gasteiger partial charge in [0.15, 0.2) is 5.75 Å². The summed E-state index contributed by atoms with van der Waals surface area (Å²) in [6, 6.07) is 6.64. The number of rotatable bonds is 0. The molecule has 0 fully saturated rings. The maximum absolute atomic E-state index is 11.1. The SMILES string of the molecule is [O]c1cccc2nnccc12. The Balaban J connectivity index is 2.91. The molecule has 0 saturated heterocycles. The van der Waals surface area contributed by atoms with E-state index in [0.717, 1.165) is 0 Å². The molecule has 1 aromatic carbocycles. The van der Waals surface area contributed by atoms with Crippen molar-refractivity contribution in [2.24, 2.45) is 0 Å². The Morgan fingerprint density at radius 1 is 1.18 bits per heavy atom. The molecule has 3 heteroatoms. The van der Waals surface area contributed by atoms with E-state index in [1.165, 1.54) is 12.3 Å². The highest BCUT2D eigenvalue weighted by molar-refractivity contribution is 5.83. The molecule has 1 radical (unpaired) electrons. The van der Waals surface area contributed by atoms with Gasteiger partial charge in [-0.3, -0.25) is 5.11 Å². The van der Waals surface area contributed by atoms with Gasteiger partial charge in [-0.2, -0.15) is 10.2 Å². The van der Waals surface area contributed by atoms with Gasteiger partial charge in [0, 0.05) is 0 Å². The first-order chi connectivity index (χ1) is 5.38. The lowest BCUT2D eigenvalue weighted by atomic mass is 10.2. The van der Waals surface area contributed by atoms with Crippen molar-refractivity contribution in [2.45, 2.75) is 0 Å². The van der Waals surface area contributed by atoms with E-state index in [1.807, 2.05) is 0 Å². The molecule has 0 aliphatic carbocycles. The van der Waals surface area contributed by atoms with Gasteiger partial charge in [0.2, 0.25) is 0 Å². The summed E-state index contributed by atoms with van der Waals surface area (Å²) in [6.07, 6.45) is 1.52. The molecular formula is C8H5N2O. The number of hydrogen-bond acceptors (Lipinski definition) is 2. The molecule has 2 rings (SSSR count). The molecule has 0 saturated carbocycles. The fourth-order valence-corrected chi connectivity index (χ4v) is 0.991. The normalized spacial score (nSPS) is 10.2. The molecule has 53 valence electrons. The molecule has 1 heterocycles.